The van der Waals surface area contributed by atoms with Gasteiger partial charge in [-0.05, 0) is 36.8 Å². The molecule has 3 aromatic rings. The van der Waals surface area contributed by atoms with Gasteiger partial charge in [0.05, 0.1) is 12.1 Å². The Hall–Kier alpha value is -2.82. The molecule has 0 saturated heterocycles. The number of amides is 1. The molecule has 2 heterocycles. The molecule has 5 nitrogen and oxygen atoms in total. The van der Waals surface area contributed by atoms with E-state index < -0.39 is 5.91 Å². The third-order valence-corrected chi connectivity index (χ3v) is 3.25. The highest BCUT2D eigenvalue weighted by Gasteiger charge is 2.08. The minimum absolute atomic E-state index is 0.162. The van der Waals surface area contributed by atoms with Crippen molar-refractivity contribution in [2.24, 2.45) is 5.73 Å². The molecule has 0 saturated carbocycles. The van der Waals surface area contributed by atoms with E-state index in [0.29, 0.717) is 12.3 Å². The zero-order valence-electron chi connectivity index (χ0n) is 11.6. The standard InChI is InChI=1S/C16H15N3O2/c1-10-8-11-4-2-3-5-13(11)19-16(10)18-9-12-6-7-14(21-12)15(17)20/h2-8H,9H2,1H3,(H2,17,20)(H,18,19). The van der Waals surface area contributed by atoms with Crippen LogP contribution in [0.4, 0.5) is 5.82 Å². The molecule has 21 heavy (non-hydrogen) atoms. The van der Waals surface area contributed by atoms with Crippen LogP contribution in [0, 0.1) is 6.92 Å². The Morgan fingerprint density at radius 1 is 1.29 bits per heavy atom. The van der Waals surface area contributed by atoms with E-state index in [1.54, 1.807) is 12.1 Å². The molecule has 0 atom stereocenters. The Labute approximate surface area is 121 Å². The van der Waals surface area contributed by atoms with Crippen LogP contribution in [0.25, 0.3) is 10.9 Å². The van der Waals surface area contributed by atoms with Gasteiger partial charge >= 0.3 is 0 Å². The van der Waals surface area contributed by atoms with Crippen LogP contribution in [0.15, 0.2) is 46.9 Å². The number of aromatic nitrogens is 1. The lowest BCUT2D eigenvalue weighted by Crippen LogP contribution is -2.09. The van der Waals surface area contributed by atoms with Gasteiger partial charge in [0.25, 0.3) is 5.91 Å². The third-order valence-electron chi connectivity index (χ3n) is 3.25. The smallest absolute Gasteiger partial charge is 0.284 e. The first-order valence-electron chi connectivity index (χ1n) is 6.62. The summed E-state index contributed by atoms with van der Waals surface area (Å²) in [7, 11) is 0. The minimum Gasteiger partial charge on any atom is -0.454 e. The Morgan fingerprint density at radius 2 is 2.10 bits per heavy atom. The summed E-state index contributed by atoms with van der Waals surface area (Å²) in [4.78, 5) is 15.6. The van der Waals surface area contributed by atoms with E-state index in [1.807, 2.05) is 31.2 Å². The number of carbonyl (C=O) groups is 1. The Balaban J connectivity index is 1.80. The molecule has 0 aliphatic rings. The van der Waals surface area contributed by atoms with Gasteiger partial charge in [0.15, 0.2) is 5.76 Å². The SMILES string of the molecule is Cc1cc2ccccc2nc1NCc1ccc(C(N)=O)o1. The van der Waals surface area contributed by atoms with Crippen molar-refractivity contribution >= 4 is 22.6 Å². The number of furan rings is 1. The van der Waals surface area contributed by atoms with E-state index in [-0.39, 0.29) is 5.76 Å². The maximum Gasteiger partial charge on any atom is 0.284 e. The lowest BCUT2D eigenvalue weighted by Gasteiger charge is -2.08. The van der Waals surface area contributed by atoms with Gasteiger partial charge in [0, 0.05) is 5.39 Å². The largest absolute Gasteiger partial charge is 0.454 e. The van der Waals surface area contributed by atoms with Crippen molar-refractivity contribution in [2.45, 2.75) is 13.5 Å². The highest BCUT2D eigenvalue weighted by molar-refractivity contribution is 5.89. The number of pyridine rings is 1. The number of carbonyl (C=O) groups excluding carboxylic acids is 1. The van der Waals surface area contributed by atoms with Gasteiger partial charge < -0.3 is 15.5 Å². The van der Waals surface area contributed by atoms with Crippen LogP contribution in [0.3, 0.4) is 0 Å². The van der Waals surface area contributed by atoms with E-state index in [2.05, 4.69) is 16.4 Å². The van der Waals surface area contributed by atoms with E-state index in [0.717, 1.165) is 22.3 Å². The van der Waals surface area contributed by atoms with Crippen LogP contribution in [0.1, 0.15) is 21.9 Å². The number of aryl methyl sites for hydroxylation is 1. The van der Waals surface area contributed by atoms with Crippen molar-refractivity contribution in [3.63, 3.8) is 0 Å². The maximum atomic E-state index is 11.0. The number of para-hydroxylation sites is 1. The summed E-state index contributed by atoms with van der Waals surface area (Å²) in [5.41, 5.74) is 7.14. The number of hydrogen-bond acceptors (Lipinski definition) is 4. The monoisotopic (exact) mass is 281 g/mol. The second kappa shape index (κ2) is 5.28. The number of primary amides is 1. The fourth-order valence-electron chi connectivity index (χ4n) is 2.18. The van der Waals surface area contributed by atoms with Crippen molar-refractivity contribution in [3.8, 4) is 0 Å². The summed E-state index contributed by atoms with van der Waals surface area (Å²) in [6.45, 7) is 2.44. The maximum absolute atomic E-state index is 11.0. The molecular weight excluding hydrogens is 266 g/mol. The summed E-state index contributed by atoms with van der Waals surface area (Å²) in [5.74, 6) is 1.03. The molecule has 0 aliphatic carbocycles. The van der Waals surface area contributed by atoms with E-state index in [4.69, 9.17) is 10.2 Å². The number of nitrogens with one attached hydrogen (secondary N) is 1. The molecule has 3 rings (SSSR count). The average molecular weight is 281 g/mol. The topological polar surface area (TPSA) is 81.1 Å². The third kappa shape index (κ3) is 2.72. The second-order valence-electron chi connectivity index (χ2n) is 4.83. The van der Waals surface area contributed by atoms with Gasteiger partial charge in [-0.1, -0.05) is 18.2 Å². The fraction of sp³-hybridized carbons (Fsp3) is 0.125. The zero-order chi connectivity index (χ0) is 14.8. The molecule has 1 amide bonds. The predicted molar refractivity (Wildman–Crippen MR) is 81.0 cm³/mol. The summed E-state index contributed by atoms with van der Waals surface area (Å²) in [6.07, 6.45) is 0. The molecular formula is C16H15N3O2. The van der Waals surface area contributed by atoms with E-state index >= 15 is 0 Å². The molecule has 0 spiro atoms. The van der Waals surface area contributed by atoms with Gasteiger partial charge in [-0.15, -0.1) is 0 Å². The Kier molecular flexibility index (Phi) is 3.31. The minimum atomic E-state index is -0.568. The number of hydrogen-bond donors (Lipinski definition) is 2. The first-order chi connectivity index (χ1) is 10.1. The Morgan fingerprint density at radius 3 is 2.86 bits per heavy atom. The van der Waals surface area contributed by atoms with Crippen molar-refractivity contribution in [2.75, 3.05) is 5.32 Å². The zero-order valence-corrected chi connectivity index (χ0v) is 11.6. The molecule has 106 valence electrons. The number of benzene rings is 1. The highest BCUT2D eigenvalue weighted by atomic mass is 16.3. The lowest BCUT2D eigenvalue weighted by molar-refractivity contribution is 0.0972. The molecule has 0 unspecified atom stereocenters. The molecule has 3 N–H and O–H groups in total. The summed E-state index contributed by atoms with van der Waals surface area (Å²) in [6, 6.07) is 13.3. The summed E-state index contributed by atoms with van der Waals surface area (Å²) in [5, 5.41) is 4.32. The van der Waals surface area contributed by atoms with Crippen LogP contribution >= 0.6 is 0 Å². The van der Waals surface area contributed by atoms with Gasteiger partial charge in [-0.25, -0.2) is 4.98 Å². The highest BCUT2D eigenvalue weighted by Crippen LogP contribution is 2.20. The molecule has 5 heteroatoms. The molecule has 0 fully saturated rings. The average Bonchev–Trinajstić information content (AvgIpc) is 2.94. The van der Waals surface area contributed by atoms with Gasteiger partial charge in [0.2, 0.25) is 0 Å². The lowest BCUT2D eigenvalue weighted by atomic mass is 10.1. The van der Waals surface area contributed by atoms with Crippen LogP contribution in [-0.4, -0.2) is 10.9 Å². The number of fused-ring (bicyclic) bond motifs is 1. The first-order valence-corrected chi connectivity index (χ1v) is 6.62. The van der Waals surface area contributed by atoms with Crippen molar-refractivity contribution in [1.82, 2.24) is 4.98 Å². The second-order valence-corrected chi connectivity index (χ2v) is 4.83. The fourth-order valence-corrected chi connectivity index (χ4v) is 2.18. The molecule has 0 bridgehead atoms. The molecule has 2 aromatic heterocycles. The Bertz CT molecular complexity index is 808. The molecule has 0 radical (unpaired) electrons. The van der Waals surface area contributed by atoms with Crippen LogP contribution in [0.5, 0.6) is 0 Å². The van der Waals surface area contributed by atoms with Crippen molar-refractivity contribution in [3.05, 3.63) is 59.5 Å². The first kappa shape index (κ1) is 13.2. The number of nitrogens with zero attached hydrogens (tertiary/aromatic N) is 1. The van der Waals surface area contributed by atoms with Gasteiger partial charge in [-0.2, -0.15) is 0 Å². The number of rotatable bonds is 4. The summed E-state index contributed by atoms with van der Waals surface area (Å²) < 4.78 is 5.33. The molecule has 1 aromatic carbocycles. The van der Waals surface area contributed by atoms with Crippen LogP contribution < -0.4 is 11.1 Å². The van der Waals surface area contributed by atoms with Crippen molar-refractivity contribution in [1.29, 1.82) is 0 Å². The normalized spacial score (nSPS) is 10.7. The van der Waals surface area contributed by atoms with E-state index in [1.165, 1.54) is 0 Å². The van der Waals surface area contributed by atoms with Crippen LogP contribution in [-0.2, 0) is 6.54 Å². The number of anilines is 1. The number of nitrogens with two attached hydrogens (primary N) is 1. The van der Waals surface area contributed by atoms with E-state index in [9.17, 15) is 4.79 Å². The van der Waals surface area contributed by atoms with Gasteiger partial charge in [-0.3, -0.25) is 4.79 Å². The summed E-state index contributed by atoms with van der Waals surface area (Å²) >= 11 is 0. The molecule has 0 aliphatic heterocycles. The quantitative estimate of drug-likeness (QED) is 0.770. The van der Waals surface area contributed by atoms with Crippen molar-refractivity contribution < 1.29 is 9.21 Å². The van der Waals surface area contributed by atoms with Crippen LogP contribution in [0.2, 0.25) is 0 Å². The predicted octanol–water partition coefficient (Wildman–Crippen LogP) is 2.85. The van der Waals surface area contributed by atoms with Gasteiger partial charge in [0.1, 0.15) is 11.6 Å².